The zero-order valence-electron chi connectivity index (χ0n) is 17.5. The van der Waals surface area contributed by atoms with Gasteiger partial charge in [-0.05, 0) is 49.4 Å². The number of hydrogen-bond acceptors (Lipinski definition) is 4. The Morgan fingerprint density at radius 1 is 1.31 bits per heavy atom. The van der Waals surface area contributed by atoms with Gasteiger partial charge in [0.05, 0.1) is 11.9 Å². The van der Waals surface area contributed by atoms with Crippen LogP contribution in [0, 0.1) is 11.2 Å². The van der Waals surface area contributed by atoms with Crippen molar-refractivity contribution < 1.29 is 17.5 Å². The second-order valence-corrected chi connectivity index (χ2v) is 10.4. The molecule has 2 fully saturated rings. The van der Waals surface area contributed by atoms with E-state index in [4.69, 9.17) is 4.74 Å². The molecule has 2 aliphatic rings. The molecule has 29 heavy (non-hydrogen) atoms. The highest BCUT2D eigenvalue weighted by Gasteiger charge is 2.56. The molecule has 0 aromatic heterocycles. The van der Waals surface area contributed by atoms with Gasteiger partial charge >= 0.3 is 0 Å². The Hall–Kier alpha value is -1.67. The molecule has 3 rings (SSSR count). The SMILES string of the molecule is CCOC1CC(NC(=NC)NCc2cc(F)ccc2CS(C)(=O)=O)C12CCCC2. The van der Waals surface area contributed by atoms with E-state index < -0.39 is 9.84 Å². The maximum Gasteiger partial charge on any atom is 0.191 e. The highest BCUT2D eigenvalue weighted by Crippen LogP contribution is 2.54. The van der Waals surface area contributed by atoms with Crippen LogP contribution in [0.3, 0.4) is 0 Å². The third kappa shape index (κ3) is 5.09. The normalized spacial score (nSPS) is 23.8. The Morgan fingerprint density at radius 3 is 2.66 bits per heavy atom. The molecule has 0 heterocycles. The van der Waals surface area contributed by atoms with E-state index in [2.05, 4.69) is 15.6 Å². The highest BCUT2D eigenvalue weighted by atomic mass is 32.2. The minimum atomic E-state index is -3.21. The van der Waals surface area contributed by atoms with Crippen molar-refractivity contribution in [1.82, 2.24) is 10.6 Å². The van der Waals surface area contributed by atoms with Crippen LogP contribution in [0.15, 0.2) is 23.2 Å². The van der Waals surface area contributed by atoms with E-state index in [1.54, 1.807) is 7.05 Å². The quantitative estimate of drug-likeness (QED) is 0.519. The number of nitrogens with one attached hydrogen (secondary N) is 2. The molecule has 0 radical (unpaired) electrons. The molecule has 1 aromatic rings. The summed E-state index contributed by atoms with van der Waals surface area (Å²) in [5, 5.41) is 6.75. The molecule has 2 N–H and O–H groups in total. The van der Waals surface area contributed by atoms with Gasteiger partial charge in [-0.1, -0.05) is 18.9 Å². The van der Waals surface area contributed by atoms with Crippen molar-refractivity contribution in [3.05, 3.63) is 35.1 Å². The first-order chi connectivity index (χ1) is 13.8. The van der Waals surface area contributed by atoms with Crippen LogP contribution >= 0.6 is 0 Å². The largest absolute Gasteiger partial charge is 0.378 e. The average molecular weight is 426 g/mol. The van der Waals surface area contributed by atoms with Crippen molar-refractivity contribution in [2.75, 3.05) is 19.9 Å². The van der Waals surface area contributed by atoms with Gasteiger partial charge in [0.15, 0.2) is 15.8 Å². The minimum Gasteiger partial charge on any atom is -0.378 e. The van der Waals surface area contributed by atoms with Crippen LogP contribution in [0.1, 0.15) is 50.2 Å². The van der Waals surface area contributed by atoms with Gasteiger partial charge in [0, 0.05) is 37.9 Å². The summed E-state index contributed by atoms with van der Waals surface area (Å²) in [6.45, 7) is 3.07. The standard InChI is InChI=1S/C21H32FN3O3S/c1-4-28-19-12-18(21(19)9-5-6-10-21)25-20(23-2)24-13-16-11-17(22)8-7-15(16)14-29(3,26)27/h7-8,11,18-19H,4-6,9-10,12-14H2,1-3H3,(H2,23,24,25). The summed E-state index contributed by atoms with van der Waals surface area (Å²) in [6, 6.07) is 4.52. The average Bonchev–Trinajstić information content (AvgIpc) is 3.17. The molecule has 2 aliphatic carbocycles. The number of hydrogen-bond donors (Lipinski definition) is 2. The molecular weight excluding hydrogens is 393 g/mol. The topological polar surface area (TPSA) is 79.8 Å². The molecule has 0 bridgehead atoms. The van der Waals surface area contributed by atoms with Crippen molar-refractivity contribution in [2.45, 2.75) is 63.5 Å². The number of benzene rings is 1. The van der Waals surface area contributed by atoms with Crippen molar-refractivity contribution >= 4 is 15.8 Å². The summed E-state index contributed by atoms with van der Waals surface area (Å²) in [6.07, 6.45) is 7.21. The van der Waals surface area contributed by atoms with Crippen molar-refractivity contribution in [3.63, 3.8) is 0 Å². The van der Waals surface area contributed by atoms with Crippen molar-refractivity contribution in [3.8, 4) is 0 Å². The van der Waals surface area contributed by atoms with Gasteiger partial charge in [0.25, 0.3) is 0 Å². The first-order valence-corrected chi connectivity index (χ1v) is 12.4. The summed E-state index contributed by atoms with van der Waals surface area (Å²) in [4.78, 5) is 4.32. The van der Waals surface area contributed by atoms with E-state index in [1.165, 1.54) is 37.3 Å². The lowest BCUT2D eigenvalue weighted by molar-refractivity contribution is -0.125. The van der Waals surface area contributed by atoms with Gasteiger partial charge < -0.3 is 15.4 Å². The molecule has 1 spiro atoms. The highest BCUT2D eigenvalue weighted by molar-refractivity contribution is 7.89. The van der Waals surface area contributed by atoms with Crippen LogP contribution in [-0.2, 0) is 26.9 Å². The van der Waals surface area contributed by atoms with E-state index in [9.17, 15) is 12.8 Å². The second kappa shape index (κ2) is 9.00. The number of halogens is 1. The maximum absolute atomic E-state index is 13.7. The Bertz CT molecular complexity index is 851. The Balaban J connectivity index is 1.65. The second-order valence-electron chi connectivity index (χ2n) is 8.23. The van der Waals surface area contributed by atoms with Gasteiger partial charge in [-0.2, -0.15) is 0 Å². The van der Waals surface area contributed by atoms with E-state index in [1.807, 2.05) is 6.92 Å². The Labute approximate surface area is 173 Å². The third-order valence-corrected chi connectivity index (χ3v) is 7.09. The Kier molecular flexibility index (Phi) is 6.83. The zero-order valence-corrected chi connectivity index (χ0v) is 18.3. The van der Waals surface area contributed by atoms with Gasteiger partial charge in [0.1, 0.15) is 5.82 Å². The van der Waals surface area contributed by atoms with Crippen LogP contribution in [0.2, 0.25) is 0 Å². The number of guanidine groups is 1. The zero-order chi connectivity index (χ0) is 21.1. The minimum absolute atomic E-state index is 0.113. The van der Waals surface area contributed by atoms with Crippen molar-refractivity contribution in [1.29, 1.82) is 0 Å². The number of sulfone groups is 1. The fraction of sp³-hybridized carbons (Fsp3) is 0.667. The summed E-state index contributed by atoms with van der Waals surface area (Å²) in [7, 11) is -1.50. The molecule has 2 saturated carbocycles. The van der Waals surface area contributed by atoms with E-state index >= 15 is 0 Å². The summed E-state index contributed by atoms with van der Waals surface area (Å²) in [5.74, 6) is 0.147. The first kappa shape index (κ1) is 22.0. The van der Waals surface area contributed by atoms with Crippen LogP contribution in [0.25, 0.3) is 0 Å². The molecule has 2 atom stereocenters. The number of nitrogens with zero attached hydrogens (tertiary/aromatic N) is 1. The fourth-order valence-electron chi connectivity index (χ4n) is 4.81. The van der Waals surface area contributed by atoms with Crippen molar-refractivity contribution in [2.24, 2.45) is 10.4 Å². The maximum atomic E-state index is 13.7. The number of aliphatic imine (C=N–C) groups is 1. The molecule has 1 aromatic carbocycles. The lowest BCUT2D eigenvalue weighted by Crippen LogP contribution is -2.65. The number of rotatable bonds is 7. The lowest BCUT2D eigenvalue weighted by Gasteiger charge is -2.54. The van der Waals surface area contributed by atoms with Gasteiger partial charge in [0.2, 0.25) is 0 Å². The fourth-order valence-corrected chi connectivity index (χ4v) is 5.66. The van der Waals surface area contributed by atoms with Crippen LogP contribution < -0.4 is 10.6 Å². The molecule has 8 heteroatoms. The summed E-state index contributed by atoms with van der Waals surface area (Å²) < 4.78 is 43.1. The first-order valence-electron chi connectivity index (χ1n) is 10.3. The summed E-state index contributed by atoms with van der Waals surface area (Å²) >= 11 is 0. The third-order valence-electron chi connectivity index (χ3n) is 6.25. The lowest BCUT2D eigenvalue weighted by atomic mass is 9.60. The van der Waals surface area contributed by atoms with Crippen LogP contribution in [-0.4, -0.2) is 46.4 Å². The molecular formula is C21H32FN3O3S. The monoisotopic (exact) mass is 425 g/mol. The van der Waals surface area contributed by atoms with Crippen LogP contribution in [0.5, 0.6) is 0 Å². The van der Waals surface area contributed by atoms with E-state index in [0.29, 0.717) is 35.8 Å². The molecule has 0 aliphatic heterocycles. The predicted octanol–water partition coefficient (Wildman–Crippen LogP) is 2.77. The molecule has 0 saturated heterocycles. The molecule has 162 valence electrons. The van der Waals surface area contributed by atoms with E-state index in [-0.39, 0.29) is 17.0 Å². The van der Waals surface area contributed by atoms with Crippen LogP contribution in [0.4, 0.5) is 4.39 Å². The van der Waals surface area contributed by atoms with Gasteiger partial charge in [-0.3, -0.25) is 4.99 Å². The molecule has 2 unspecified atom stereocenters. The van der Waals surface area contributed by atoms with E-state index in [0.717, 1.165) is 25.9 Å². The Morgan fingerprint density at radius 2 is 2.03 bits per heavy atom. The van der Waals surface area contributed by atoms with Gasteiger partial charge in [-0.25, -0.2) is 12.8 Å². The predicted molar refractivity (Wildman–Crippen MR) is 113 cm³/mol. The van der Waals surface area contributed by atoms with Gasteiger partial charge in [-0.15, -0.1) is 0 Å². The summed E-state index contributed by atoms with van der Waals surface area (Å²) in [5.41, 5.74) is 1.40. The molecule has 0 amide bonds. The number of ether oxygens (including phenoxy) is 1. The smallest absolute Gasteiger partial charge is 0.191 e. The molecule has 6 nitrogen and oxygen atoms in total.